The molecular formula is C23H23F3N4O4. The SMILES string of the molecule is N=C(N)NC(=O)c1ccc(C2CCN(C(=O)c3ccc4c(c3)OCCO4)CC2)c(C(F)(F)F)c1. The topological polar surface area (TPSA) is 118 Å². The minimum Gasteiger partial charge on any atom is -0.486 e. The Morgan fingerprint density at radius 1 is 1.00 bits per heavy atom. The van der Waals surface area contributed by atoms with Crippen LogP contribution >= 0.6 is 0 Å². The van der Waals surface area contributed by atoms with Gasteiger partial charge in [-0.1, -0.05) is 6.07 Å². The molecule has 2 aliphatic heterocycles. The second-order valence-electron chi connectivity index (χ2n) is 8.09. The molecule has 34 heavy (non-hydrogen) atoms. The number of hydrogen-bond donors (Lipinski definition) is 3. The van der Waals surface area contributed by atoms with E-state index in [-0.39, 0.29) is 17.0 Å². The summed E-state index contributed by atoms with van der Waals surface area (Å²) in [6.45, 7) is 1.42. The number of amides is 2. The first kappa shape index (κ1) is 23.4. The van der Waals surface area contributed by atoms with Crippen LogP contribution in [0, 0.1) is 5.41 Å². The number of hydrogen-bond acceptors (Lipinski definition) is 5. The molecule has 0 aliphatic carbocycles. The van der Waals surface area contributed by atoms with Crippen molar-refractivity contribution in [3.05, 3.63) is 58.7 Å². The normalized spacial score (nSPS) is 16.1. The first-order valence-corrected chi connectivity index (χ1v) is 10.7. The number of alkyl halides is 3. The third-order valence-corrected chi connectivity index (χ3v) is 5.88. The molecule has 1 saturated heterocycles. The monoisotopic (exact) mass is 476 g/mol. The molecule has 0 atom stereocenters. The summed E-state index contributed by atoms with van der Waals surface area (Å²) in [5, 5.41) is 9.08. The van der Waals surface area contributed by atoms with Crippen molar-refractivity contribution in [3.8, 4) is 11.5 Å². The van der Waals surface area contributed by atoms with Gasteiger partial charge in [-0.3, -0.25) is 20.3 Å². The van der Waals surface area contributed by atoms with Crippen molar-refractivity contribution in [2.45, 2.75) is 24.9 Å². The van der Waals surface area contributed by atoms with Crippen LogP contribution in [-0.4, -0.2) is 49.0 Å². The minimum absolute atomic E-state index is 0.0818. The number of piperidine rings is 1. The average Bonchev–Trinajstić information content (AvgIpc) is 2.82. The molecule has 0 unspecified atom stereocenters. The summed E-state index contributed by atoms with van der Waals surface area (Å²) >= 11 is 0. The van der Waals surface area contributed by atoms with E-state index >= 15 is 0 Å². The van der Waals surface area contributed by atoms with E-state index in [1.807, 2.05) is 5.32 Å². The van der Waals surface area contributed by atoms with Crippen molar-refractivity contribution in [2.24, 2.45) is 5.73 Å². The minimum atomic E-state index is -4.67. The van der Waals surface area contributed by atoms with Crippen LogP contribution in [0.4, 0.5) is 13.2 Å². The fraction of sp³-hybridized carbons (Fsp3) is 0.348. The summed E-state index contributed by atoms with van der Waals surface area (Å²) in [5.41, 5.74) is 4.47. The molecule has 180 valence electrons. The van der Waals surface area contributed by atoms with Crippen molar-refractivity contribution in [1.29, 1.82) is 5.41 Å². The van der Waals surface area contributed by atoms with Crippen molar-refractivity contribution in [1.82, 2.24) is 10.2 Å². The molecule has 0 bridgehead atoms. The average molecular weight is 476 g/mol. The van der Waals surface area contributed by atoms with E-state index in [1.54, 1.807) is 23.1 Å². The molecular weight excluding hydrogens is 453 g/mol. The lowest BCUT2D eigenvalue weighted by Crippen LogP contribution is -2.38. The highest BCUT2D eigenvalue weighted by atomic mass is 19.4. The Balaban J connectivity index is 1.48. The van der Waals surface area contributed by atoms with Gasteiger partial charge < -0.3 is 20.1 Å². The molecule has 2 heterocycles. The highest BCUT2D eigenvalue weighted by Gasteiger charge is 2.37. The maximum atomic E-state index is 13.8. The fourth-order valence-corrected chi connectivity index (χ4v) is 4.25. The zero-order chi connectivity index (χ0) is 24.5. The van der Waals surface area contributed by atoms with Gasteiger partial charge in [0.25, 0.3) is 11.8 Å². The van der Waals surface area contributed by atoms with Crippen molar-refractivity contribution in [3.63, 3.8) is 0 Å². The smallest absolute Gasteiger partial charge is 0.416 e. The lowest BCUT2D eigenvalue weighted by molar-refractivity contribution is -0.138. The Kier molecular flexibility index (Phi) is 6.36. The Morgan fingerprint density at radius 2 is 1.65 bits per heavy atom. The van der Waals surface area contributed by atoms with Gasteiger partial charge in [-0.25, -0.2) is 0 Å². The van der Waals surface area contributed by atoms with Crippen molar-refractivity contribution < 1.29 is 32.2 Å². The van der Waals surface area contributed by atoms with Crippen LogP contribution < -0.4 is 20.5 Å². The number of rotatable bonds is 3. The molecule has 0 radical (unpaired) electrons. The number of fused-ring (bicyclic) bond motifs is 1. The van der Waals surface area contributed by atoms with Gasteiger partial charge in [0, 0.05) is 24.2 Å². The molecule has 4 N–H and O–H groups in total. The number of guanidine groups is 1. The lowest BCUT2D eigenvalue weighted by Gasteiger charge is -2.33. The molecule has 2 aromatic rings. The van der Waals surface area contributed by atoms with Gasteiger partial charge >= 0.3 is 6.18 Å². The molecule has 2 aromatic carbocycles. The van der Waals surface area contributed by atoms with Gasteiger partial charge in [0.1, 0.15) is 13.2 Å². The molecule has 2 aliphatic rings. The Hall–Kier alpha value is -3.76. The second kappa shape index (κ2) is 9.24. The van der Waals surface area contributed by atoms with Crippen molar-refractivity contribution >= 4 is 17.8 Å². The molecule has 8 nitrogen and oxygen atoms in total. The van der Waals surface area contributed by atoms with Crippen LogP contribution in [0.25, 0.3) is 0 Å². The molecule has 0 spiro atoms. The number of nitrogens with one attached hydrogen (secondary N) is 2. The van der Waals surface area contributed by atoms with Crippen LogP contribution in [0.5, 0.6) is 11.5 Å². The van der Waals surface area contributed by atoms with Crippen LogP contribution in [0.1, 0.15) is 50.6 Å². The summed E-state index contributed by atoms with van der Waals surface area (Å²) in [5.74, 6) is -1.12. The van der Waals surface area contributed by atoms with Gasteiger partial charge in [-0.05, 0) is 54.7 Å². The molecule has 0 aromatic heterocycles. The summed E-state index contributed by atoms with van der Waals surface area (Å²) in [4.78, 5) is 26.6. The number of carbonyl (C=O) groups excluding carboxylic acids is 2. The van der Waals surface area contributed by atoms with E-state index in [0.29, 0.717) is 56.2 Å². The molecule has 11 heteroatoms. The third kappa shape index (κ3) is 4.92. The number of likely N-dealkylation sites (tertiary alicyclic amines) is 1. The first-order valence-electron chi connectivity index (χ1n) is 10.7. The Bertz CT molecular complexity index is 1130. The lowest BCUT2D eigenvalue weighted by atomic mass is 9.85. The van der Waals surface area contributed by atoms with E-state index in [2.05, 4.69) is 0 Å². The van der Waals surface area contributed by atoms with Gasteiger partial charge in [-0.2, -0.15) is 13.2 Å². The Labute approximate surface area is 193 Å². The van der Waals surface area contributed by atoms with Crippen molar-refractivity contribution in [2.75, 3.05) is 26.3 Å². The predicted molar refractivity (Wildman–Crippen MR) is 116 cm³/mol. The molecule has 0 saturated carbocycles. The summed E-state index contributed by atoms with van der Waals surface area (Å²) < 4.78 is 52.3. The van der Waals surface area contributed by atoms with E-state index in [1.165, 1.54) is 12.1 Å². The second-order valence-corrected chi connectivity index (χ2v) is 8.09. The third-order valence-electron chi connectivity index (χ3n) is 5.88. The summed E-state index contributed by atoms with van der Waals surface area (Å²) in [7, 11) is 0. The van der Waals surface area contributed by atoms with E-state index in [4.69, 9.17) is 20.6 Å². The van der Waals surface area contributed by atoms with Crippen LogP contribution in [0.2, 0.25) is 0 Å². The number of nitrogens with two attached hydrogens (primary N) is 1. The zero-order valence-corrected chi connectivity index (χ0v) is 18.1. The van der Waals surface area contributed by atoms with E-state index in [0.717, 1.165) is 6.07 Å². The number of carbonyl (C=O) groups is 2. The van der Waals surface area contributed by atoms with Crippen LogP contribution in [0.3, 0.4) is 0 Å². The van der Waals surface area contributed by atoms with Gasteiger partial charge in [0.2, 0.25) is 0 Å². The number of ether oxygens (including phenoxy) is 2. The number of benzene rings is 2. The van der Waals surface area contributed by atoms with E-state index < -0.39 is 29.5 Å². The van der Waals surface area contributed by atoms with Crippen LogP contribution in [0.15, 0.2) is 36.4 Å². The highest BCUT2D eigenvalue weighted by Crippen LogP contribution is 2.40. The zero-order valence-electron chi connectivity index (χ0n) is 18.1. The number of halogens is 3. The summed E-state index contributed by atoms with van der Waals surface area (Å²) in [6, 6.07) is 8.30. The largest absolute Gasteiger partial charge is 0.486 e. The predicted octanol–water partition coefficient (Wildman–Crippen LogP) is 3.12. The van der Waals surface area contributed by atoms with Gasteiger partial charge in [0.15, 0.2) is 17.5 Å². The van der Waals surface area contributed by atoms with E-state index in [9.17, 15) is 22.8 Å². The highest BCUT2D eigenvalue weighted by molar-refractivity contribution is 6.04. The maximum absolute atomic E-state index is 13.8. The molecule has 4 rings (SSSR count). The standard InChI is InChI=1S/C23H23F3N4O4/c24-23(25,26)17-11-14(20(31)29-22(27)28)1-3-16(17)13-5-7-30(8-6-13)21(32)15-2-4-18-19(12-15)34-10-9-33-18/h1-4,11-13H,5-10H2,(H4,27,28,29,31). The van der Waals surface area contributed by atoms with Gasteiger partial charge in [-0.15, -0.1) is 0 Å². The quantitative estimate of drug-likeness (QED) is 0.465. The fourth-order valence-electron chi connectivity index (χ4n) is 4.25. The van der Waals surface area contributed by atoms with Crippen LogP contribution in [-0.2, 0) is 6.18 Å². The number of nitrogens with zero attached hydrogens (tertiary/aromatic N) is 1. The Morgan fingerprint density at radius 3 is 2.29 bits per heavy atom. The van der Waals surface area contributed by atoms with Gasteiger partial charge in [0.05, 0.1) is 5.56 Å². The summed E-state index contributed by atoms with van der Waals surface area (Å²) in [6.07, 6.45) is -3.98. The first-order chi connectivity index (χ1) is 16.1. The molecule has 2 amide bonds. The maximum Gasteiger partial charge on any atom is 0.416 e. The molecule has 1 fully saturated rings.